The molecule has 23 heavy (non-hydrogen) atoms. The quantitative estimate of drug-likeness (QED) is 0.199. The fourth-order valence-electron chi connectivity index (χ4n) is 2.39. The summed E-state index contributed by atoms with van der Waals surface area (Å²) in [5.41, 5.74) is 0. The molecule has 0 radical (unpaired) electrons. The van der Waals surface area contributed by atoms with E-state index in [2.05, 4.69) is 13.8 Å². The zero-order valence-electron chi connectivity index (χ0n) is 15.7. The number of hydrogen-bond donors (Lipinski definition) is 0. The van der Waals surface area contributed by atoms with Crippen molar-refractivity contribution in [1.82, 2.24) is 0 Å². The SMILES string of the molecule is CCCCCCCCOP(=O)(OCC)OCCCCCCCC. The minimum atomic E-state index is -3.34. The Morgan fingerprint density at radius 3 is 1.35 bits per heavy atom. The minimum absolute atomic E-state index is 0.351. The van der Waals surface area contributed by atoms with Crippen LogP contribution in [0.3, 0.4) is 0 Å². The number of phosphoric ester groups is 1. The highest BCUT2D eigenvalue weighted by Crippen LogP contribution is 2.49. The van der Waals surface area contributed by atoms with Crippen LogP contribution in [-0.4, -0.2) is 19.8 Å². The first kappa shape index (κ1) is 23.1. The van der Waals surface area contributed by atoms with E-state index in [9.17, 15) is 4.57 Å². The van der Waals surface area contributed by atoms with Gasteiger partial charge in [0.25, 0.3) is 0 Å². The van der Waals surface area contributed by atoms with Crippen LogP contribution in [0.15, 0.2) is 0 Å². The van der Waals surface area contributed by atoms with Gasteiger partial charge in [-0.05, 0) is 19.8 Å². The second-order valence-electron chi connectivity index (χ2n) is 6.07. The largest absolute Gasteiger partial charge is 0.474 e. The summed E-state index contributed by atoms with van der Waals surface area (Å²) in [5, 5.41) is 0. The summed E-state index contributed by atoms with van der Waals surface area (Å²) in [5.74, 6) is 0. The maximum Gasteiger partial charge on any atom is 0.474 e. The van der Waals surface area contributed by atoms with E-state index in [0.29, 0.717) is 19.8 Å². The van der Waals surface area contributed by atoms with Crippen molar-refractivity contribution in [2.75, 3.05) is 19.8 Å². The second kappa shape index (κ2) is 17.0. The Bertz CT molecular complexity index is 262. The van der Waals surface area contributed by atoms with Gasteiger partial charge in [0.15, 0.2) is 0 Å². The second-order valence-corrected chi connectivity index (χ2v) is 7.74. The fourth-order valence-corrected chi connectivity index (χ4v) is 3.63. The smallest absolute Gasteiger partial charge is 0.287 e. The average Bonchev–Trinajstić information content (AvgIpc) is 2.53. The molecule has 0 atom stereocenters. The zero-order chi connectivity index (χ0) is 17.2. The van der Waals surface area contributed by atoms with Gasteiger partial charge in [0.1, 0.15) is 0 Å². The molecule has 0 heterocycles. The average molecular weight is 350 g/mol. The Balaban J connectivity index is 3.72. The van der Waals surface area contributed by atoms with Crippen LogP contribution >= 0.6 is 7.82 Å². The van der Waals surface area contributed by atoms with Crippen molar-refractivity contribution in [3.05, 3.63) is 0 Å². The molecule has 0 aliphatic rings. The highest BCUT2D eigenvalue weighted by atomic mass is 31.2. The molecule has 0 aliphatic heterocycles. The van der Waals surface area contributed by atoms with E-state index >= 15 is 0 Å². The summed E-state index contributed by atoms with van der Waals surface area (Å²) < 4.78 is 28.5. The highest BCUT2D eigenvalue weighted by Gasteiger charge is 2.25. The Labute approximate surface area is 144 Å². The molecule has 0 fully saturated rings. The molecule has 0 N–H and O–H groups in total. The number of hydrogen-bond acceptors (Lipinski definition) is 4. The van der Waals surface area contributed by atoms with Crippen LogP contribution in [-0.2, 0) is 18.1 Å². The summed E-state index contributed by atoms with van der Waals surface area (Å²) in [6, 6.07) is 0. The van der Waals surface area contributed by atoms with E-state index in [-0.39, 0.29) is 0 Å². The summed E-state index contributed by atoms with van der Waals surface area (Å²) in [6.45, 7) is 7.50. The summed E-state index contributed by atoms with van der Waals surface area (Å²) in [7, 11) is -3.34. The molecule has 140 valence electrons. The third-order valence-electron chi connectivity index (χ3n) is 3.78. The number of unbranched alkanes of at least 4 members (excludes halogenated alkanes) is 10. The third kappa shape index (κ3) is 15.4. The fraction of sp³-hybridized carbons (Fsp3) is 1.00. The van der Waals surface area contributed by atoms with Crippen molar-refractivity contribution in [3.63, 3.8) is 0 Å². The number of rotatable bonds is 18. The van der Waals surface area contributed by atoms with Crippen molar-refractivity contribution in [3.8, 4) is 0 Å². The molecule has 0 spiro atoms. The van der Waals surface area contributed by atoms with Gasteiger partial charge in [-0.15, -0.1) is 0 Å². The molecule has 4 nitrogen and oxygen atoms in total. The molecular formula is C18H39O4P. The van der Waals surface area contributed by atoms with Crippen LogP contribution in [0, 0.1) is 0 Å². The molecule has 0 unspecified atom stereocenters. The molecule has 0 aliphatic carbocycles. The molecule has 0 bridgehead atoms. The van der Waals surface area contributed by atoms with Gasteiger partial charge >= 0.3 is 7.82 Å². The third-order valence-corrected chi connectivity index (χ3v) is 5.35. The minimum Gasteiger partial charge on any atom is -0.287 e. The first-order valence-corrected chi connectivity index (χ1v) is 11.2. The standard InChI is InChI=1S/C18H39O4P/c1-4-7-9-11-13-15-17-21-23(19,20-6-3)22-18-16-14-12-10-8-5-2/h4-18H2,1-3H3. The van der Waals surface area contributed by atoms with Crippen molar-refractivity contribution in [2.24, 2.45) is 0 Å². The number of phosphoric acid groups is 1. The lowest BCUT2D eigenvalue weighted by Gasteiger charge is -2.17. The normalized spacial score (nSPS) is 12.0. The van der Waals surface area contributed by atoms with E-state index in [1.165, 1.54) is 51.4 Å². The van der Waals surface area contributed by atoms with E-state index in [1.54, 1.807) is 0 Å². The Morgan fingerprint density at radius 1 is 0.565 bits per heavy atom. The van der Waals surface area contributed by atoms with E-state index in [0.717, 1.165) is 25.7 Å². The van der Waals surface area contributed by atoms with E-state index < -0.39 is 7.82 Å². The molecule has 0 saturated heterocycles. The molecule has 0 aromatic rings. The molecule has 0 amide bonds. The van der Waals surface area contributed by atoms with Crippen LogP contribution in [0.5, 0.6) is 0 Å². The molecule has 0 rings (SSSR count). The van der Waals surface area contributed by atoms with Crippen LogP contribution in [0.25, 0.3) is 0 Å². The van der Waals surface area contributed by atoms with Crippen LogP contribution in [0.2, 0.25) is 0 Å². The predicted octanol–water partition coefficient (Wildman–Crippen LogP) is 6.89. The molecule has 0 aromatic carbocycles. The summed E-state index contributed by atoms with van der Waals surface area (Å²) in [4.78, 5) is 0. The maximum atomic E-state index is 12.4. The Morgan fingerprint density at radius 2 is 0.957 bits per heavy atom. The zero-order valence-corrected chi connectivity index (χ0v) is 16.6. The van der Waals surface area contributed by atoms with Gasteiger partial charge in [0, 0.05) is 0 Å². The van der Waals surface area contributed by atoms with Gasteiger partial charge in [-0.1, -0.05) is 78.1 Å². The van der Waals surface area contributed by atoms with Crippen molar-refractivity contribution < 1.29 is 18.1 Å². The summed E-state index contributed by atoms with van der Waals surface area (Å²) in [6.07, 6.45) is 14.1. The van der Waals surface area contributed by atoms with E-state index in [1.807, 2.05) is 6.92 Å². The highest BCUT2D eigenvalue weighted by molar-refractivity contribution is 7.48. The Hall–Kier alpha value is 0.110. The van der Waals surface area contributed by atoms with Gasteiger partial charge in [-0.3, -0.25) is 13.6 Å². The molecular weight excluding hydrogens is 311 g/mol. The van der Waals surface area contributed by atoms with Crippen LogP contribution < -0.4 is 0 Å². The predicted molar refractivity (Wildman–Crippen MR) is 97.9 cm³/mol. The van der Waals surface area contributed by atoms with Crippen LogP contribution in [0.4, 0.5) is 0 Å². The molecule has 0 saturated carbocycles. The topological polar surface area (TPSA) is 44.8 Å². The molecule has 5 heteroatoms. The van der Waals surface area contributed by atoms with Crippen molar-refractivity contribution in [2.45, 2.75) is 97.8 Å². The first-order chi connectivity index (χ1) is 11.2. The maximum absolute atomic E-state index is 12.4. The monoisotopic (exact) mass is 350 g/mol. The Kier molecular flexibility index (Phi) is 17.0. The van der Waals surface area contributed by atoms with Crippen molar-refractivity contribution >= 4 is 7.82 Å². The van der Waals surface area contributed by atoms with Gasteiger partial charge in [-0.25, -0.2) is 4.57 Å². The van der Waals surface area contributed by atoms with Gasteiger partial charge in [0.2, 0.25) is 0 Å². The van der Waals surface area contributed by atoms with Crippen LogP contribution in [0.1, 0.15) is 97.8 Å². The van der Waals surface area contributed by atoms with Crippen molar-refractivity contribution in [1.29, 1.82) is 0 Å². The lowest BCUT2D eigenvalue weighted by atomic mass is 10.1. The van der Waals surface area contributed by atoms with Gasteiger partial charge in [-0.2, -0.15) is 0 Å². The van der Waals surface area contributed by atoms with Gasteiger partial charge in [0.05, 0.1) is 19.8 Å². The molecule has 0 aromatic heterocycles. The van der Waals surface area contributed by atoms with E-state index in [4.69, 9.17) is 13.6 Å². The van der Waals surface area contributed by atoms with Gasteiger partial charge < -0.3 is 0 Å². The lowest BCUT2D eigenvalue weighted by Crippen LogP contribution is -2.03. The lowest BCUT2D eigenvalue weighted by molar-refractivity contribution is 0.114. The first-order valence-electron chi connectivity index (χ1n) is 9.72. The summed E-state index contributed by atoms with van der Waals surface area (Å²) >= 11 is 0.